The molecule has 0 bridgehead atoms. The van der Waals surface area contributed by atoms with Crippen molar-refractivity contribution in [2.75, 3.05) is 14.1 Å². The second-order valence-electron chi connectivity index (χ2n) is 7.74. The zero-order valence-electron chi connectivity index (χ0n) is 18.5. The topological polar surface area (TPSA) is 73.1 Å². The van der Waals surface area contributed by atoms with Crippen molar-refractivity contribution in [3.63, 3.8) is 0 Å². The van der Waals surface area contributed by atoms with Crippen LogP contribution in [0.25, 0.3) is 5.57 Å². The molecule has 0 saturated carbocycles. The molecular weight excluding hydrogens is 383 g/mol. The monoisotopic (exact) mass is 416 g/mol. The maximum absolute atomic E-state index is 13.4. The van der Waals surface area contributed by atoms with Crippen molar-refractivity contribution < 1.29 is 19.4 Å². The summed E-state index contributed by atoms with van der Waals surface area (Å²) in [6.07, 6.45) is 3.56. The summed E-state index contributed by atoms with van der Waals surface area (Å²) in [7, 11) is 3.75. The molecule has 0 aliphatic rings. The molecule has 164 valence electrons. The third-order valence-electron chi connectivity index (χ3n) is 4.63. The Bertz CT molecular complexity index is 821. The Morgan fingerprint density at radius 3 is 2.37 bits per heavy atom. The molecule has 0 aliphatic carbocycles. The van der Waals surface area contributed by atoms with Crippen molar-refractivity contribution in [2.45, 2.75) is 46.1 Å². The number of aliphatic hydroxyl groups is 1. The van der Waals surface area contributed by atoms with E-state index in [2.05, 4.69) is 6.58 Å². The van der Waals surface area contributed by atoms with Gasteiger partial charge in [-0.1, -0.05) is 44.7 Å². The number of hydrogen-bond acceptors (Lipinski definition) is 4. The molecule has 0 aromatic heterocycles. The quantitative estimate of drug-likeness (QED) is 0.397. The molecule has 6 heteroatoms. The van der Waals surface area contributed by atoms with Crippen molar-refractivity contribution in [3.05, 3.63) is 65.8 Å². The van der Waals surface area contributed by atoms with Gasteiger partial charge in [0.1, 0.15) is 11.6 Å². The third-order valence-corrected chi connectivity index (χ3v) is 4.63. The summed E-state index contributed by atoms with van der Waals surface area (Å²) < 4.78 is 13.4. The van der Waals surface area contributed by atoms with Gasteiger partial charge in [0.05, 0.1) is 18.2 Å². The van der Waals surface area contributed by atoms with Crippen LogP contribution in [0.4, 0.5) is 4.39 Å². The van der Waals surface area contributed by atoms with E-state index < -0.39 is 12.1 Å². The average molecular weight is 417 g/mol. The van der Waals surface area contributed by atoms with Crippen molar-refractivity contribution in [1.82, 2.24) is 4.90 Å². The predicted octanol–water partition coefficient (Wildman–Crippen LogP) is 4.90. The first-order valence-electron chi connectivity index (χ1n) is 10.0. The number of halogens is 1. The van der Waals surface area contributed by atoms with Gasteiger partial charge in [0.15, 0.2) is 0 Å². The lowest BCUT2D eigenvalue weighted by Gasteiger charge is -2.19. The largest absolute Gasteiger partial charge is 0.481 e. The van der Waals surface area contributed by atoms with Gasteiger partial charge in [-0.15, -0.1) is 0 Å². The molecule has 5 nitrogen and oxygen atoms in total. The molecule has 1 aromatic carbocycles. The molecule has 1 unspecified atom stereocenters. The first-order chi connectivity index (χ1) is 14.0. The molecule has 0 heterocycles. The van der Waals surface area contributed by atoms with E-state index in [0.717, 1.165) is 22.4 Å². The second-order valence-corrected chi connectivity index (χ2v) is 7.74. The summed E-state index contributed by atoms with van der Waals surface area (Å²) in [4.78, 5) is 17.3. The first-order valence-corrected chi connectivity index (χ1v) is 10.0. The number of carboxylic acid groups (broad SMARTS) is 1. The van der Waals surface area contributed by atoms with Gasteiger partial charge in [-0.05, 0) is 54.5 Å². The highest BCUT2D eigenvalue weighted by Gasteiger charge is 2.15. The molecule has 1 rings (SSSR count). The highest BCUT2D eigenvalue weighted by atomic mass is 19.1. The van der Waals surface area contributed by atoms with Crippen molar-refractivity contribution in [3.8, 4) is 0 Å². The number of benzene rings is 1. The Kier molecular flexibility index (Phi) is 10.2. The van der Waals surface area contributed by atoms with E-state index >= 15 is 0 Å². The maximum atomic E-state index is 13.4. The smallest absolute Gasteiger partial charge is 0.305 e. The third kappa shape index (κ3) is 8.33. The summed E-state index contributed by atoms with van der Waals surface area (Å²) in [5.41, 5.74) is 3.56. The van der Waals surface area contributed by atoms with Gasteiger partial charge < -0.3 is 15.1 Å². The molecule has 0 fully saturated rings. The number of carbonyl (C=O) groups is 1. The fourth-order valence-corrected chi connectivity index (χ4v) is 2.79. The van der Waals surface area contributed by atoms with E-state index in [1.54, 1.807) is 12.1 Å². The molecule has 0 saturated heterocycles. The Labute approximate surface area is 179 Å². The normalized spacial score (nSPS) is 14.1. The number of nitrogens with zero attached hydrogens (tertiary/aromatic N) is 2. The molecule has 2 N–H and O–H groups in total. The van der Waals surface area contributed by atoms with E-state index in [0.29, 0.717) is 18.7 Å². The van der Waals surface area contributed by atoms with E-state index in [1.165, 1.54) is 12.1 Å². The van der Waals surface area contributed by atoms with Crippen LogP contribution in [0, 0.1) is 11.7 Å². The summed E-state index contributed by atoms with van der Waals surface area (Å²) in [5, 5.41) is 18.5. The molecule has 0 aliphatic heterocycles. The fraction of sp³-hybridized carbons (Fsp3) is 0.417. The SMILES string of the molecule is C=C(\N=C(C(/C=C/CCC(O)CC(=O)O)=C(\C)c1ccc(F)cc1)\C(C)C)N(C)C. The molecule has 0 radical (unpaired) electrons. The fourth-order valence-electron chi connectivity index (χ4n) is 2.79. The molecule has 0 amide bonds. The Hall–Kier alpha value is -2.73. The van der Waals surface area contributed by atoms with E-state index in [4.69, 9.17) is 10.1 Å². The predicted molar refractivity (Wildman–Crippen MR) is 121 cm³/mol. The van der Waals surface area contributed by atoms with Gasteiger partial charge in [-0.3, -0.25) is 4.79 Å². The van der Waals surface area contributed by atoms with Crippen LogP contribution in [-0.4, -0.2) is 47.0 Å². The molecule has 1 atom stereocenters. The second kappa shape index (κ2) is 12.1. The van der Waals surface area contributed by atoms with Crippen LogP contribution in [0.1, 0.15) is 45.6 Å². The number of allylic oxidation sites excluding steroid dienone is 4. The van der Waals surface area contributed by atoms with Crippen LogP contribution in [0.5, 0.6) is 0 Å². The van der Waals surface area contributed by atoms with Gasteiger partial charge in [-0.25, -0.2) is 9.38 Å². The van der Waals surface area contributed by atoms with Crippen molar-refractivity contribution in [1.29, 1.82) is 0 Å². The highest BCUT2D eigenvalue weighted by Crippen LogP contribution is 2.25. The van der Waals surface area contributed by atoms with Gasteiger partial charge in [0.2, 0.25) is 0 Å². The highest BCUT2D eigenvalue weighted by molar-refractivity contribution is 6.09. The van der Waals surface area contributed by atoms with Gasteiger partial charge >= 0.3 is 5.97 Å². The van der Waals surface area contributed by atoms with E-state index in [9.17, 15) is 14.3 Å². The summed E-state index contributed by atoms with van der Waals surface area (Å²) in [5.74, 6) is -0.590. The Balaban J connectivity index is 3.32. The standard InChI is InChI=1S/C24H33FN2O3/c1-16(2)24(26-18(4)27(5)6)22(10-8-7-9-21(28)15-23(29)30)17(3)19-11-13-20(25)14-12-19/h8,10-14,16,21,28H,4,7,9,15H2,1-3,5-6H3,(H,29,30)/b10-8+,22-17+,26-24-. The molecule has 0 spiro atoms. The zero-order valence-corrected chi connectivity index (χ0v) is 18.5. The van der Waals surface area contributed by atoms with Crippen LogP contribution in [0.15, 0.2) is 59.4 Å². The average Bonchev–Trinajstić information content (AvgIpc) is 2.65. The lowest BCUT2D eigenvalue weighted by molar-refractivity contribution is -0.139. The molecule has 1 aromatic rings. The summed E-state index contributed by atoms with van der Waals surface area (Å²) in [6.45, 7) is 10.1. The minimum absolute atomic E-state index is 0.106. The first kappa shape index (κ1) is 25.3. The van der Waals surface area contributed by atoms with Crippen molar-refractivity contribution >= 4 is 17.3 Å². The maximum Gasteiger partial charge on any atom is 0.305 e. The minimum Gasteiger partial charge on any atom is -0.481 e. The van der Waals surface area contributed by atoms with E-state index in [1.807, 2.05) is 51.9 Å². The van der Waals surface area contributed by atoms with Crippen LogP contribution >= 0.6 is 0 Å². The van der Waals surface area contributed by atoms with Gasteiger partial charge in [-0.2, -0.15) is 0 Å². The zero-order chi connectivity index (χ0) is 22.8. The number of rotatable bonds is 11. The lowest BCUT2D eigenvalue weighted by Crippen LogP contribution is -2.16. The Morgan fingerprint density at radius 1 is 1.27 bits per heavy atom. The number of carboxylic acids is 1. The van der Waals surface area contributed by atoms with Crippen molar-refractivity contribution in [2.24, 2.45) is 10.9 Å². The van der Waals surface area contributed by atoms with Crippen LogP contribution in [0.3, 0.4) is 0 Å². The summed E-state index contributed by atoms with van der Waals surface area (Å²) in [6, 6.07) is 6.31. The lowest BCUT2D eigenvalue weighted by atomic mass is 9.91. The summed E-state index contributed by atoms with van der Waals surface area (Å²) >= 11 is 0. The molecular formula is C24H33FN2O3. The van der Waals surface area contributed by atoms with Crippen LogP contribution in [-0.2, 0) is 4.79 Å². The number of aliphatic hydroxyl groups excluding tert-OH is 1. The Morgan fingerprint density at radius 2 is 1.87 bits per heavy atom. The number of aliphatic imine (C=N–C) groups is 1. The van der Waals surface area contributed by atoms with Crippen LogP contribution in [0.2, 0.25) is 0 Å². The number of hydrogen-bond donors (Lipinski definition) is 2. The van der Waals surface area contributed by atoms with Gasteiger partial charge in [0.25, 0.3) is 0 Å². The van der Waals surface area contributed by atoms with Gasteiger partial charge in [0, 0.05) is 14.1 Å². The van der Waals surface area contributed by atoms with Crippen LogP contribution < -0.4 is 0 Å². The van der Waals surface area contributed by atoms with E-state index in [-0.39, 0.29) is 18.2 Å². The number of aliphatic carboxylic acids is 1. The minimum atomic E-state index is -1.02. The molecule has 30 heavy (non-hydrogen) atoms.